The molecule has 1 aromatic carbocycles. The van der Waals surface area contributed by atoms with E-state index in [4.69, 9.17) is 0 Å². The lowest BCUT2D eigenvalue weighted by atomic mass is 10.1. The van der Waals surface area contributed by atoms with E-state index in [0.717, 1.165) is 6.42 Å². The first kappa shape index (κ1) is 9.97. The summed E-state index contributed by atoms with van der Waals surface area (Å²) in [5.74, 6) is 0. The van der Waals surface area contributed by atoms with Crippen LogP contribution in [0, 0.1) is 0 Å². The lowest BCUT2D eigenvalue weighted by Gasteiger charge is -2.07. The van der Waals surface area contributed by atoms with Crippen molar-refractivity contribution in [2.75, 3.05) is 0 Å². The van der Waals surface area contributed by atoms with Crippen molar-refractivity contribution in [1.82, 2.24) is 4.57 Å². The summed E-state index contributed by atoms with van der Waals surface area (Å²) in [4.78, 5) is 0. The minimum Gasteiger partial charge on any atom is -0.240 e. The van der Waals surface area contributed by atoms with Gasteiger partial charge in [-0.1, -0.05) is 30.3 Å². The van der Waals surface area contributed by atoms with Gasteiger partial charge in [-0.3, -0.25) is 0 Å². The SMILES string of the molecule is CC(Cc1ccccc1)n1cc[n+](C)c1. The van der Waals surface area contributed by atoms with Gasteiger partial charge in [-0.15, -0.1) is 0 Å². The van der Waals surface area contributed by atoms with Gasteiger partial charge >= 0.3 is 0 Å². The molecule has 2 nitrogen and oxygen atoms in total. The Morgan fingerprint density at radius 3 is 2.60 bits per heavy atom. The third-order valence-corrected chi connectivity index (χ3v) is 2.67. The molecule has 0 bridgehead atoms. The quantitative estimate of drug-likeness (QED) is 0.673. The summed E-state index contributed by atoms with van der Waals surface area (Å²) in [5, 5.41) is 0. The molecular formula is C13H17N2+. The van der Waals surface area contributed by atoms with Crippen molar-refractivity contribution in [3.63, 3.8) is 0 Å². The van der Waals surface area contributed by atoms with Crippen molar-refractivity contribution in [2.24, 2.45) is 7.05 Å². The molecule has 1 aromatic heterocycles. The van der Waals surface area contributed by atoms with Gasteiger partial charge in [0, 0.05) is 6.42 Å². The zero-order valence-electron chi connectivity index (χ0n) is 9.30. The van der Waals surface area contributed by atoms with Crippen molar-refractivity contribution in [2.45, 2.75) is 19.4 Å². The van der Waals surface area contributed by atoms with Gasteiger partial charge in [0.2, 0.25) is 6.33 Å². The first-order chi connectivity index (χ1) is 7.25. The smallest absolute Gasteiger partial charge is 0.240 e. The van der Waals surface area contributed by atoms with E-state index in [2.05, 4.69) is 65.1 Å². The van der Waals surface area contributed by atoms with E-state index in [1.165, 1.54) is 5.56 Å². The normalized spacial score (nSPS) is 12.7. The predicted molar refractivity (Wildman–Crippen MR) is 60.5 cm³/mol. The van der Waals surface area contributed by atoms with Crippen LogP contribution >= 0.6 is 0 Å². The van der Waals surface area contributed by atoms with Crippen molar-refractivity contribution >= 4 is 0 Å². The van der Waals surface area contributed by atoms with Crippen molar-refractivity contribution in [1.29, 1.82) is 0 Å². The highest BCUT2D eigenvalue weighted by Gasteiger charge is 2.10. The molecule has 0 aliphatic carbocycles. The summed E-state index contributed by atoms with van der Waals surface area (Å²) in [6.07, 6.45) is 7.39. The highest BCUT2D eigenvalue weighted by atomic mass is 15.1. The van der Waals surface area contributed by atoms with E-state index in [0.29, 0.717) is 6.04 Å². The number of aryl methyl sites for hydroxylation is 1. The van der Waals surface area contributed by atoms with E-state index < -0.39 is 0 Å². The largest absolute Gasteiger partial charge is 0.243 e. The summed E-state index contributed by atoms with van der Waals surface area (Å²) in [6.45, 7) is 2.24. The van der Waals surface area contributed by atoms with Crippen LogP contribution in [0.1, 0.15) is 18.5 Å². The summed E-state index contributed by atoms with van der Waals surface area (Å²) < 4.78 is 4.31. The predicted octanol–water partition coefficient (Wildman–Crippen LogP) is 2.12. The lowest BCUT2D eigenvalue weighted by Crippen LogP contribution is -2.24. The highest BCUT2D eigenvalue weighted by molar-refractivity contribution is 5.15. The molecule has 78 valence electrons. The topological polar surface area (TPSA) is 8.81 Å². The van der Waals surface area contributed by atoms with Gasteiger partial charge < -0.3 is 0 Å². The van der Waals surface area contributed by atoms with Gasteiger partial charge in [-0.05, 0) is 12.5 Å². The molecule has 2 rings (SSSR count). The summed E-state index contributed by atoms with van der Waals surface area (Å²) in [7, 11) is 2.05. The van der Waals surface area contributed by atoms with Gasteiger partial charge in [0.15, 0.2) is 0 Å². The number of rotatable bonds is 3. The number of hydrogen-bond donors (Lipinski definition) is 0. The van der Waals surface area contributed by atoms with Crippen LogP contribution in [0.2, 0.25) is 0 Å². The fraction of sp³-hybridized carbons (Fsp3) is 0.308. The van der Waals surface area contributed by atoms with Crippen LogP contribution in [0.15, 0.2) is 49.1 Å². The van der Waals surface area contributed by atoms with E-state index in [1.54, 1.807) is 0 Å². The van der Waals surface area contributed by atoms with Crippen LogP contribution < -0.4 is 4.57 Å². The van der Waals surface area contributed by atoms with Crippen molar-refractivity contribution in [3.8, 4) is 0 Å². The highest BCUT2D eigenvalue weighted by Crippen LogP contribution is 2.12. The Kier molecular flexibility index (Phi) is 2.86. The maximum absolute atomic E-state index is 2.24. The maximum Gasteiger partial charge on any atom is 0.243 e. The number of benzene rings is 1. The second kappa shape index (κ2) is 4.30. The monoisotopic (exact) mass is 201 g/mol. The average Bonchev–Trinajstić information content (AvgIpc) is 2.66. The zero-order chi connectivity index (χ0) is 10.7. The molecule has 1 heterocycles. The van der Waals surface area contributed by atoms with Gasteiger partial charge in [-0.2, -0.15) is 0 Å². The van der Waals surface area contributed by atoms with Crippen LogP contribution in [-0.4, -0.2) is 4.57 Å². The molecule has 0 N–H and O–H groups in total. The zero-order valence-corrected chi connectivity index (χ0v) is 9.30. The Morgan fingerprint density at radius 2 is 2.00 bits per heavy atom. The minimum atomic E-state index is 0.508. The molecule has 0 aliphatic rings. The number of imidazole rings is 1. The van der Waals surface area contributed by atoms with Gasteiger partial charge in [0.1, 0.15) is 18.4 Å². The fourth-order valence-electron chi connectivity index (χ4n) is 1.79. The Balaban J connectivity index is 2.07. The molecule has 0 saturated heterocycles. The van der Waals surface area contributed by atoms with E-state index in [-0.39, 0.29) is 0 Å². The number of nitrogens with zero attached hydrogens (tertiary/aromatic N) is 2. The van der Waals surface area contributed by atoms with Gasteiger partial charge in [0.25, 0.3) is 0 Å². The number of hydrogen-bond acceptors (Lipinski definition) is 0. The molecule has 2 heteroatoms. The Morgan fingerprint density at radius 1 is 1.27 bits per heavy atom. The molecule has 0 aliphatic heterocycles. The van der Waals surface area contributed by atoms with Crippen molar-refractivity contribution < 1.29 is 4.57 Å². The average molecular weight is 201 g/mol. The summed E-state index contributed by atoms with van der Waals surface area (Å²) in [5.41, 5.74) is 1.39. The standard InChI is InChI=1S/C13H17N2/c1-12(15-9-8-14(2)11-15)10-13-6-4-3-5-7-13/h3-9,11-12H,10H2,1-2H3/q+1. The molecule has 0 radical (unpaired) electrons. The second-order valence-corrected chi connectivity index (χ2v) is 4.07. The molecule has 0 spiro atoms. The summed E-state index contributed by atoms with van der Waals surface area (Å²) >= 11 is 0. The lowest BCUT2D eigenvalue weighted by molar-refractivity contribution is -0.671. The molecular weight excluding hydrogens is 184 g/mol. The molecule has 0 fully saturated rings. The summed E-state index contributed by atoms with van der Waals surface area (Å²) in [6, 6.07) is 11.1. The van der Waals surface area contributed by atoms with Gasteiger partial charge in [0.05, 0.1) is 7.05 Å². The first-order valence-corrected chi connectivity index (χ1v) is 5.32. The maximum atomic E-state index is 2.24. The molecule has 2 aromatic rings. The van der Waals surface area contributed by atoms with E-state index in [9.17, 15) is 0 Å². The Labute approximate surface area is 90.8 Å². The molecule has 15 heavy (non-hydrogen) atoms. The van der Waals surface area contributed by atoms with E-state index >= 15 is 0 Å². The molecule has 1 atom stereocenters. The van der Waals surface area contributed by atoms with Crippen LogP contribution in [0.25, 0.3) is 0 Å². The molecule has 0 saturated carbocycles. The molecule has 1 unspecified atom stereocenters. The Bertz CT molecular complexity index is 417. The fourth-order valence-corrected chi connectivity index (χ4v) is 1.79. The third kappa shape index (κ3) is 2.46. The van der Waals surface area contributed by atoms with Crippen LogP contribution in [-0.2, 0) is 13.5 Å². The van der Waals surface area contributed by atoms with Crippen LogP contribution in [0.5, 0.6) is 0 Å². The minimum absolute atomic E-state index is 0.508. The third-order valence-electron chi connectivity index (χ3n) is 2.67. The van der Waals surface area contributed by atoms with Crippen LogP contribution in [0.3, 0.4) is 0 Å². The Hall–Kier alpha value is -1.57. The van der Waals surface area contributed by atoms with Gasteiger partial charge in [-0.25, -0.2) is 9.13 Å². The second-order valence-electron chi connectivity index (χ2n) is 4.07. The van der Waals surface area contributed by atoms with E-state index in [1.807, 2.05) is 7.05 Å². The van der Waals surface area contributed by atoms with Crippen molar-refractivity contribution in [3.05, 3.63) is 54.6 Å². The van der Waals surface area contributed by atoms with Crippen LogP contribution in [0.4, 0.5) is 0 Å². The number of aromatic nitrogens is 2. The first-order valence-electron chi connectivity index (χ1n) is 5.32. The molecule has 0 amide bonds.